The van der Waals surface area contributed by atoms with Gasteiger partial charge in [0.15, 0.2) is 0 Å². The Balaban J connectivity index is 1.94. The molecule has 0 aliphatic rings. The van der Waals surface area contributed by atoms with Crippen LogP contribution in [0.2, 0.25) is 0 Å². The SMILES string of the molecule is [B]c1cc(-c2c([N+](=O)[O-])c3c4ccccc4sc3c3ccccc23)c2ccccc2c1. The van der Waals surface area contributed by atoms with Crippen molar-refractivity contribution < 1.29 is 4.92 Å². The number of rotatable bonds is 2. The fourth-order valence-electron chi connectivity index (χ4n) is 4.62. The first-order valence-electron chi connectivity index (χ1n) is 9.92. The Labute approximate surface area is 183 Å². The van der Waals surface area contributed by atoms with Gasteiger partial charge in [0.05, 0.1) is 20.6 Å². The maximum Gasteiger partial charge on any atom is 0.287 e. The van der Waals surface area contributed by atoms with E-state index in [4.69, 9.17) is 7.85 Å². The van der Waals surface area contributed by atoms with E-state index < -0.39 is 0 Å². The Morgan fingerprint density at radius 2 is 1.42 bits per heavy atom. The molecule has 0 amide bonds. The summed E-state index contributed by atoms with van der Waals surface area (Å²) in [7, 11) is 6.25. The Morgan fingerprint density at radius 1 is 0.774 bits per heavy atom. The van der Waals surface area contributed by atoms with E-state index in [0.29, 0.717) is 16.4 Å². The van der Waals surface area contributed by atoms with E-state index in [2.05, 4.69) is 6.07 Å². The third kappa shape index (κ3) is 2.60. The van der Waals surface area contributed by atoms with Crippen LogP contribution in [0.1, 0.15) is 0 Å². The van der Waals surface area contributed by atoms with Gasteiger partial charge in [-0.15, -0.1) is 11.3 Å². The molecule has 0 saturated heterocycles. The molecule has 0 saturated carbocycles. The lowest BCUT2D eigenvalue weighted by atomic mass is 9.85. The number of nitrogens with zero attached hydrogens (tertiary/aromatic N) is 1. The normalized spacial score (nSPS) is 11.6. The van der Waals surface area contributed by atoms with Gasteiger partial charge in [-0.05, 0) is 27.8 Å². The highest BCUT2D eigenvalue weighted by molar-refractivity contribution is 7.26. The number of fused-ring (bicyclic) bond motifs is 6. The summed E-state index contributed by atoms with van der Waals surface area (Å²) >= 11 is 1.60. The highest BCUT2D eigenvalue weighted by Crippen LogP contribution is 2.50. The molecule has 5 aromatic carbocycles. The molecule has 0 bridgehead atoms. The minimum Gasteiger partial charge on any atom is -0.258 e. The number of hydrogen-bond acceptors (Lipinski definition) is 3. The van der Waals surface area contributed by atoms with Crippen LogP contribution in [0, 0.1) is 10.1 Å². The van der Waals surface area contributed by atoms with Crippen molar-refractivity contribution in [3.05, 3.63) is 95.0 Å². The minimum atomic E-state index is -0.235. The van der Waals surface area contributed by atoms with Crippen LogP contribution in [0.5, 0.6) is 0 Å². The molecule has 2 radical (unpaired) electrons. The molecule has 31 heavy (non-hydrogen) atoms. The monoisotopic (exact) mass is 415 g/mol. The lowest BCUT2D eigenvalue weighted by molar-refractivity contribution is -0.382. The first-order valence-corrected chi connectivity index (χ1v) is 10.7. The number of thiophene rings is 1. The molecule has 0 aliphatic carbocycles. The van der Waals surface area contributed by atoms with E-state index >= 15 is 0 Å². The summed E-state index contributed by atoms with van der Waals surface area (Å²) in [5.74, 6) is 0. The lowest BCUT2D eigenvalue weighted by Gasteiger charge is -2.14. The maximum atomic E-state index is 12.6. The van der Waals surface area contributed by atoms with Gasteiger partial charge in [0.25, 0.3) is 5.69 Å². The van der Waals surface area contributed by atoms with Crippen LogP contribution >= 0.6 is 11.3 Å². The highest BCUT2D eigenvalue weighted by atomic mass is 32.1. The first kappa shape index (κ1) is 18.1. The minimum absolute atomic E-state index is 0.141. The molecule has 3 nitrogen and oxygen atoms in total. The summed E-state index contributed by atoms with van der Waals surface area (Å²) in [6.07, 6.45) is 0. The van der Waals surface area contributed by atoms with E-state index in [9.17, 15) is 10.1 Å². The number of benzene rings is 5. The van der Waals surface area contributed by atoms with Gasteiger partial charge in [0.1, 0.15) is 7.85 Å². The van der Waals surface area contributed by atoms with Crippen LogP contribution in [0.25, 0.3) is 52.8 Å². The van der Waals surface area contributed by atoms with Crippen LogP contribution < -0.4 is 5.46 Å². The van der Waals surface area contributed by atoms with Gasteiger partial charge >= 0.3 is 0 Å². The molecule has 5 heteroatoms. The zero-order valence-electron chi connectivity index (χ0n) is 16.3. The molecular weight excluding hydrogens is 401 g/mol. The molecule has 0 unspecified atom stereocenters. The summed E-state index contributed by atoms with van der Waals surface area (Å²) in [6.45, 7) is 0. The second-order valence-electron chi connectivity index (χ2n) is 7.62. The molecule has 6 aromatic rings. The van der Waals surface area contributed by atoms with E-state index in [1.807, 2.05) is 78.9 Å². The standard InChI is InChI=1S/C26H14BNO2S/c27-16-13-15-7-1-2-8-17(15)21(14-16)23-18-9-3-4-10-19(18)26-24(25(23)28(29)30)20-11-5-6-12-22(20)31-26/h1-14H. The fourth-order valence-corrected chi connectivity index (χ4v) is 5.86. The molecule has 0 spiro atoms. The summed E-state index contributed by atoms with van der Waals surface area (Å²) < 4.78 is 1.99. The van der Waals surface area contributed by atoms with Gasteiger partial charge in [-0.25, -0.2) is 0 Å². The molecule has 144 valence electrons. The van der Waals surface area contributed by atoms with E-state index in [1.165, 1.54) is 0 Å². The number of nitro benzene ring substituents is 1. The van der Waals surface area contributed by atoms with Crippen molar-refractivity contribution >= 4 is 72.1 Å². The predicted molar refractivity (Wildman–Crippen MR) is 132 cm³/mol. The predicted octanol–water partition coefficient (Wildman–Crippen LogP) is 6.73. The van der Waals surface area contributed by atoms with Crippen LogP contribution in [-0.2, 0) is 0 Å². The number of nitro groups is 1. The topological polar surface area (TPSA) is 43.1 Å². The van der Waals surface area contributed by atoms with Gasteiger partial charge in [-0.2, -0.15) is 0 Å². The van der Waals surface area contributed by atoms with Crippen molar-refractivity contribution in [1.82, 2.24) is 0 Å². The second-order valence-corrected chi connectivity index (χ2v) is 8.67. The van der Waals surface area contributed by atoms with Crippen molar-refractivity contribution in [3.8, 4) is 11.1 Å². The maximum absolute atomic E-state index is 12.6. The molecule has 1 aromatic heterocycles. The Hall–Kier alpha value is -3.70. The molecule has 0 aliphatic heterocycles. The van der Waals surface area contributed by atoms with Gasteiger partial charge in [0.2, 0.25) is 0 Å². The smallest absolute Gasteiger partial charge is 0.258 e. The molecule has 1 heterocycles. The van der Waals surface area contributed by atoms with Gasteiger partial charge in [0, 0.05) is 15.5 Å². The molecule has 0 fully saturated rings. The fraction of sp³-hybridized carbons (Fsp3) is 0. The molecule has 6 rings (SSSR count). The van der Waals surface area contributed by atoms with Crippen LogP contribution in [0.3, 0.4) is 0 Å². The van der Waals surface area contributed by atoms with Crippen molar-refractivity contribution in [2.75, 3.05) is 0 Å². The van der Waals surface area contributed by atoms with Crippen LogP contribution in [0.15, 0.2) is 84.9 Å². The molecule has 0 N–H and O–H groups in total. The van der Waals surface area contributed by atoms with Crippen molar-refractivity contribution in [1.29, 1.82) is 0 Å². The summed E-state index contributed by atoms with van der Waals surface area (Å²) in [6, 6.07) is 27.5. The van der Waals surface area contributed by atoms with E-state index in [0.717, 1.165) is 41.9 Å². The highest BCUT2D eigenvalue weighted by Gasteiger charge is 2.28. The molecular formula is C26H14BNO2S. The zero-order chi connectivity index (χ0) is 21.1. The first-order chi connectivity index (χ1) is 15.1. The van der Waals surface area contributed by atoms with E-state index in [-0.39, 0.29) is 10.6 Å². The third-order valence-corrected chi connectivity index (χ3v) is 7.05. The lowest BCUT2D eigenvalue weighted by Crippen LogP contribution is -2.04. The quantitative estimate of drug-likeness (QED) is 0.179. The van der Waals surface area contributed by atoms with Gasteiger partial charge in [-0.3, -0.25) is 10.1 Å². The van der Waals surface area contributed by atoms with Crippen LogP contribution in [0.4, 0.5) is 5.69 Å². The van der Waals surface area contributed by atoms with Gasteiger partial charge < -0.3 is 0 Å². The third-order valence-electron chi connectivity index (χ3n) is 5.85. The Kier molecular flexibility index (Phi) is 3.89. The Bertz CT molecular complexity index is 1690. The van der Waals surface area contributed by atoms with E-state index in [1.54, 1.807) is 11.3 Å². The average Bonchev–Trinajstić information content (AvgIpc) is 3.17. The second kappa shape index (κ2) is 6.66. The molecule has 0 atom stereocenters. The van der Waals surface area contributed by atoms with Crippen molar-refractivity contribution in [2.24, 2.45) is 0 Å². The van der Waals surface area contributed by atoms with Crippen molar-refractivity contribution in [3.63, 3.8) is 0 Å². The summed E-state index contributed by atoms with van der Waals surface area (Å²) in [5, 5.41) is 18.0. The van der Waals surface area contributed by atoms with Crippen molar-refractivity contribution in [2.45, 2.75) is 0 Å². The number of hydrogen-bond donors (Lipinski definition) is 0. The Morgan fingerprint density at radius 3 is 2.19 bits per heavy atom. The summed E-state index contributed by atoms with van der Waals surface area (Å²) in [5.41, 5.74) is 2.14. The van der Waals surface area contributed by atoms with Gasteiger partial charge in [-0.1, -0.05) is 84.3 Å². The zero-order valence-corrected chi connectivity index (χ0v) is 17.1. The largest absolute Gasteiger partial charge is 0.287 e. The average molecular weight is 415 g/mol. The van der Waals surface area contributed by atoms with Crippen LogP contribution in [-0.4, -0.2) is 12.8 Å². The summed E-state index contributed by atoms with van der Waals surface area (Å²) in [4.78, 5) is 12.4.